The first-order valence-electron chi connectivity index (χ1n) is 7.00. The Morgan fingerprint density at radius 2 is 1.95 bits per heavy atom. The molecule has 1 heterocycles. The third-order valence-electron chi connectivity index (χ3n) is 3.22. The van der Waals surface area contributed by atoms with Gasteiger partial charge in [-0.1, -0.05) is 19.1 Å². The van der Waals surface area contributed by atoms with E-state index in [2.05, 4.69) is 43.3 Å². The number of thiazole rings is 1. The Kier molecular flexibility index (Phi) is 5.15. The summed E-state index contributed by atoms with van der Waals surface area (Å²) in [4.78, 5) is 4.53. The summed E-state index contributed by atoms with van der Waals surface area (Å²) in [6.07, 6.45) is 1.89. The van der Waals surface area contributed by atoms with Crippen molar-refractivity contribution in [3.05, 3.63) is 44.9 Å². The fourth-order valence-corrected chi connectivity index (χ4v) is 3.03. The van der Waals surface area contributed by atoms with Crippen molar-refractivity contribution in [2.24, 2.45) is 5.73 Å². The van der Waals surface area contributed by atoms with Crippen LogP contribution in [0, 0.1) is 13.8 Å². The number of benzene rings is 1. The van der Waals surface area contributed by atoms with Gasteiger partial charge in [-0.3, -0.25) is 0 Å². The molecular weight excluding hydrogens is 268 g/mol. The first-order valence-corrected chi connectivity index (χ1v) is 7.88. The quantitative estimate of drug-likeness (QED) is 0.887. The van der Waals surface area contributed by atoms with Gasteiger partial charge in [-0.15, -0.1) is 11.3 Å². The molecule has 2 aromatic rings. The average molecular weight is 290 g/mol. The molecule has 0 aliphatic carbocycles. The fourth-order valence-electron chi connectivity index (χ4n) is 2.30. The number of aryl methyl sites for hydroxylation is 3. The highest BCUT2D eigenvalue weighted by Gasteiger charge is 2.08. The predicted octanol–water partition coefficient (Wildman–Crippen LogP) is 3.40. The van der Waals surface area contributed by atoms with E-state index in [1.165, 1.54) is 16.7 Å². The van der Waals surface area contributed by atoms with Gasteiger partial charge in [0.1, 0.15) is 12.4 Å². The lowest BCUT2D eigenvalue weighted by atomic mass is 10.0. The maximum Gasteiger partial charge on any atom is 0.131 e. The largest absolute Gasteiger partial charge is 0.487 e. The van der Waals surface area contributed by atoms with Gasteiger partial charge in [0.05, 0.1) is 10.7 Å². The standard InChI is InChI=1S/C16H22N2OS/c1-4-15-18-14(10-20-15)9-19-16-11(2)7-13(5-6-17)8-12(16)3/h7-8,10H,4-6,9,17H2,1-3H3. The number of ether oxygens (including phenoxy) is 1. The van der Waals surface area contributed by atoms with Crippen LogP contribution in [-0.4, -0.2) is 11.5 Å². The SMILES string of the molecule is CCc1nc(COc2c(C)cc(CCN)cc2C)cs1. The molecule has 0 aliphatic rings. The van der Waals surface area contributed by atoms with Gasteiger partial charge in [0.25, 0.3) is 0 Å². The zero-order valence-electron chi connectivity index (χ0n) is 12.4. The van der Waals surface area contributed by atoms with E-state index >= 15 is 0 Å². The smallest absolute Gasteiger partial charge is 0.131 e. The van der Waals surface area contributed by atoms with Crippen LogP contribution in [0.4, 0.5) is 0 Å². The minimum Gasteiger partial charge on any atom is -0.487 e. The molecule has 0 bridgehead atoms. The maximum atomic E-state index is 5.96. The van der Waals surface area contributed by atoms with Crippen LogP contribution in [0.2, 0.25) is 0 Å². The van der Waals surface area contributed by atoms with E-state index in [4.69, 9.17) is 10.5 Å². The number of nitrogens with zero attached hydrogens (tertiary/aromatic N) is 1. The second kappa shape index (κ2) is 6.86. The molecule has 0 aliphatic heterocycles. The van der Waals surface area contributed by atoms with Crippen molar-refractivity contribution in [3.63, 3.8) is 0 Å². The van der Waals surface area contributed by atoms with Crippen molar-refractivity contribution in [1.82, 2.24) is 4.98 Å². The van der Waals surface area contributed by atoms with E-state index in [0.717, 1.165) is 29.3 Å². The molecule has 0 amide bonds. The first-order chi connectivity index (χ1) is 9.63. The van der Waals surface area contributed by atoms with Gasteiger partial charge in [0.15, 0.2) is 0 Å². The molecule has 0 saturated heterocycles. The Morgan fingerprint density at radius 1 is 1.25 bits per heavy atom. The Morgan fingerprint density at radius 3 is 2.50 bits per heavy atom. The lowest BCUT2D eigenvalue weighted by molar-refractivity contribution is 0.297. The molecule has 0 fully saturated rings. The molecule has 0 radical (unpaired) electrons. The van der Waals surface area contributed by atoms with Gasteiger partial charge in [0.2, 0.25) is 0 Å². The Balaban J connectivity index is 2.09. The summed E-state index contributed by atoms with van der Waals surface area (Å²) in [6, 6.07) is 4.32. The third kappa shape index (κ3) is 3.58. The van der Waals surface area contributed by atoms with Gasteiger partial charge >= 0.3 is 0 Å². The molecule has 0 saturated carbocycles. The maximum absolute atomic E-state index is 5.96. The molecule has 1 aromatic carbocycles. The Labute approximate surface area is 124 Å². The molecule has 108 valence electrons. The van der Waals surface area contributed by atoms with Crippen LogP contribution >= 0.6 is 11.3 Å². The summed E-state index contributed by atoms with van der Waals surface area (Å²) in [5, 5.41) is 3.24. The van der Waals surface area contributed by atoms with Crippen LogP contribution < -0.4 is 10.5 Å². The number of rotatable bonds is 6. The van der Waals surface area contributed by atoms with Gasteiger partial charge in [-0.05, 0) is 49.9 Å². The van der Waals surface area contributed by atoms with Crippen LogP contribution in [0.3, 0.4) is 0 Å². The van der Waals surface area contributed by atoms with Crippen molar-refractivity contribution in [2.45, 2.75) is 40.2 Å². The number of nitrogens with two attached hydrogens (primary N) is 1. The van der Waals surface area contributed by atoms with Gasteiger partial charge in [0, 0.05) is 5.38 Å². The summed E-state index contributed by atoms with van der Waals surface area (Å²) < 4.78 is 5.96. The van der Waals surface area contributed by atoms with E-state index in [9.17, 15) is 0 Å². The molecule has 2 rings (SSSR count). The summed E-state index contributed by atoms with van der Waals surface area (Å²) in [7, 11) is 0. The molecule has 0 atom stereocenters. The van der Waals surface area contributed by atoms with E-state index in [0.29, 0.717) is 13.2 Å². The molecule has 0 spiro atoms. The average Bonchev–Trinajstić information content (AvgIpc) is 2.86. The van der Waals surface area contributed by atoms with Crippen molar-refractivity contribution < 1.29 is 4.74 Å². The zero-order valence-corrected chi connectivity index (χ0v) is 13.2. The van der Waals surface area contributed by atoms with Crippen LogP contribution in [0.5, 0.6) is 5.75 Å². The van der Waals surface area contributed by atoms with Crippen LogP contribution in [-0.2, 0) is 19.4 Å². The molecule has 4 heteroatoms. The fraction of sp³-hybridized carbons (Fsp3) is 0.438. The van der Waals surface area contributed by atoms with E-state index in [1.807, 2.05) is 0 Å². The van der Waals surface area contributed by atoms with E-state index in [1.54, 1.807) is 11.3 Å². The topological polar surface area (TPSA) is 48.1 Å². The highest BCUT2D eigenvalue weighted by atomic mass is 32.1. The van der Waals surface area contributed by atoms with Gasteiger partial charge < -0.3 is 10.5 Å². The summed E-state index contributed by atoms with van der Waals surface area (Å²) >= 11 is 1.70. The predicted molar refractivity (Wildman–Crippen MR) is 84.5 cm³/mol. The summed E-state index contributed by atoms with van der Waals surface area (Å²) in [6.45, 7) is 7.50. The van der Waals surface area contributed by atoms with Crippen LogP contribution in [0.1, 0.15) is 34.3 Å². The number of hydrogen-bond acceptors (Lipinski definition) is 4. The summed E-state index contributed by atoms with van der Waals surface area (Å²) in [5.74, 6) is 0.969. The zero-order chi connectivity index (χ0) is 14.5. The van der Waals surface area contributed by atoms with Crippen molar-refractivity contribution >= 4 is 11.3 Å². The van der Waals surface area contributed by atoms with Gasteiger partial charge in [-0.2, -0.15) is 0 Å². The van der Waals surface area contributed by atoms with E-state index < -0.39 is 0 Å². The molecule has 3 nitrogen and oxygen atoms in total. The van der Waals surface area contributed by atoms with Crippen molar-refractivity contribution in [2.75, 3.05) is 6.54 Å². The van der Waals surface area contributed by atoms with Crippen LogP contribution in [0.15, 0.2) is 17.5 Å². The molecular formula is C16H22N2OS. The van der Waals surface area contributed by atoms with E-state index in [-0.39, 0.29) is 0 Å². The molecule has 1 aromatic heterocycles. The first kappa shape index (κ1) is 15.0. The summed E-state index contributed by atoms with van der Waals surface area (Å²) in [5.41, 5.74) is 10.2. The van der Waals surface area contributed by atoms with Gasteiger partial charge in [-0.25, -0.2) is 4.98 Å². The molecule has 20 heavy (non-hydrogen) atoms. The minimum absolute atomic E-state index is 0.536. The third-order valence-corrected chi connectivity index (χ3v) is 4.26. The molecule has 0 unspecified atom stereocenters. The second-order valence-electron chi connectivity index (χ2n) is 4.97. The Hall–Kier alpha value is -1.39. The lowest BCUT2D eigenvalue weighted by Gasteiger charge is -2.13. The number of aromatic nitrogens is 1. The monoisotopic (exact) mass is 290 g/mol. The normalized spacial score (nSPS) is 10.8. The van der Waals surface area contributed by atoms with Crippen molar-refractivity contribution in [3.8, 4) is 5.75 Å². The Bertz CT molecular complexity index is 555. The second-order valence-corrected chi connectivity index (χ2v) is 5.91. The number of hydrogen-bond donors (Lipinski definition) is 1. The van der Waals surface area contributed by atoms with Crippen LogP contribution in [0.25, 0.3) is 0 Å². The lowest BCUT2D eigenvalue weighted by Crippen LogP contribution is -2.05. The minimum atomic E-state index is 0.536. The molecule has 2 N–H and O–H groups in total. The highest BCUT2D eigenvalue weighted by Crippen LogP contribution is 2.26. The highest BCUT2D eigenvalue weighted by molar-refractivity contribution is 7.09. The van der Waals surface area contributed by atoms with Crippen molar-refractivity contribution in [1.29, 1.82) is 0 Å².